The van der Waals surface area contributed by atoms with Gasteiger partial charge in [0.05, 0.1) is 0 Å². The van der Waals surface area contributed by atoms with Gasteiger partial charge in [0.15, 0.2) is 0 Å². The van der Waals surface area contributed by atoms with Gasteiger partial charge in [-0.25, -0.2) is 0 Å². The average Bonchev–Trinajstić information content (AvgIpc) is 2.97. The van der Waals surface area contributed by atoms with Crippen LogP contribution in [0.4, 0.5) is 0 Å². The van der Waals surface area contributed by atoms with E-state index in [-0.39, 0.29) is 17.9 Å². The van der Waals surface area contributed by atoms with Gasteiger partial charge in [-0.15, -0.1) is 11.3 Å². The van der Waals surface area contributed by atoms with E-state index >= 15 is 0 Å². The lowest BCUT2D eigenvalue weighted by Gasteiger charge is -2.20. The Labute approximate surface area is 113 Å². The quantitative estimate of drug-likeness (QED) is 0.858. The van der Waals surface area contributed by atoms with E-state index in [1.807, 2.05) is 0 Å². The summed E-state index contributed by atoms with van der Waals surface area (Å²) in [4.78, 5) is 13.5. The van der Waals surface area contributed by atoms with Crippen LogP contribution in [0, 0.1) is 11.8 Å². The van der Waals surface area contributed by atoms with E-state index < -0.39 is 0 Å². The monoisotopic (exact) mass is 266 g/mol. The molecule has 0 radical (unpaired) electrons. The number of carbonyl (C=O) groups is 1. The van der Waals surface area contributed by atoms with Gasteiger partial charge in [0.1, 0.15) is 0 Å². The molecule has 1 heterocycles. The lowest BCUT2D eigenvalue weighted by Crippen LogP contribution is -2.40. The largest absolute Gasteiger partial charge is 0.353 e. The van der Waals surface area contributed by atoms with Gasteiger partial charge in [-0.1, -0.05) is 12.5 Å². The SMILES string of the molecule is CC(Cc1cccs1)NC(=O)C1CCCC1CN. The first-order valence-electron chi connectivity index (χ1n) is 6.73. The normalized spacial score (nSPS) is 25.0. The van der Waals surface area contributed by atoms with Gasteiger partial charge in [-0.3, -0.25) is 4.79 Å². The van der Waals surface area contributed by atoms with Gasteiger partial charge in [0, 0.05) is 23.3 Å². The van der Waals surface area contributed by atoms with E-state index in [0.717, 1.165) is 25.7 Å². The molecule has 1 aromatic heterocycles. The minimum Gasteiger partial charge on any atom is -0.353 e. The molecule has 3 nitrogen and oxygen atoms in total. The van der Waals surface area contributed by atoms with Crippen LogP contribution in [0.5, 0.6) is 0 Å². The molecule has 1 saturated carbocycles. The minimum absolute atomic E-state index is 0.140. The van der Waals surface area contributed by atoms with E-state index in [1.165, 1.54) is 4.88 Å². The number of amides is 1. The van der Waals surface area contributed by atoms with E-state index in [1.54, 1.807) is 11.3 Å². The molecule has 0 aliphatic heterocycles. The molecular weight excluding hydrogens is 244 g/mol. The summed E-state index contributed by atoms with van der Waals surface area (Å²) >= 11 is 1.74. The second-order valence-electron chi connectivity index (χ2n) is 5.23. The lowest BCUT2D eigenvalue weighted by molar-refractivity contribution is -0.126. The lowest BCUT2D eigenvalue weighted by atomic mass is 9.95. The molecule has 4 heteroatoms. The Kier molecular flexibility index (Phi) is 4.78. The van der Waals surface area contributed by atoms with Gasteiger partial charge >= 0.3 is 0 Å². The molecule has 100 valence electrons. The summed E-state index contributed by atoms with van der Waals surface area (Å²) in [5, 5.41) is 5.21. The molecule has 0 bridgehead atoms. The molecule has 0 spiro atoms. The first-order valence-corrected chi connectivity index (χ1v) is 7.61. The second kappa shape index (κ2) is 6.34. The highest BCUT2D eigenvalue weighted by Gasteiger charge is 2.32. The molecule has 3 unspecified atom stereocenters. The fourth-order valence-corrected chi connectivity index (χ4v) is 3.63. The van der Waals surface area contributed by atoms with Crippen molar-refractivity contribution >= 4 is 17.2 Å². The number of thiophene rings is 1. The third-order valence-corrected chi connectivity index (χ3v) is 4.67. The first kappa shape index (κ1) is 13.6. The molecule has 3 N–H and O–H groups in total. The summed E-state index contributed by atoms with van der Waals surface area (Å²) in [6, 6.07) is 4.37. The van der Waals surface area contributed by atoms with Crippen molar-refractivity contribution in [1.29, 1.82) is 0 Å². The maximum Gasteiger partial charge on any atom is 0.223 e. The van der Waals surface area contributed by atoms with Gasteiger partial charge < -0.3 is 11.1 Å². The number of carbonyl (C=O) groups excluding carboxylic acids is 1. The maximum absolute atomic E-state index is 12.2. The Morgan fingerprint density at radius 2 is 2.44 bits per heavy atom. The van der Waals surface area contributed by atoms with Crippen LogP contribution in [0.25, 0.3) is 0 Å². The van der Waals surface area contributed by atoms with Gasteiger partial charge in [0.25, 0.3) is 0 Å². The van der Waals surface area contributed by atoms with E-state index in [0.29, 0.717) is 12.5 Å². The summed E-state index contributed by atoms with van der Waals surface area (Å²) in [6.45, 7) is 2.71. The molecular formula is C14H22N2OS. The Bertz CT molecular complexity index is 377. The molecule has 1 aromatic rings. The van der Waals surface area contributed by atoms with Crippen LogP contribution in [-0.4, -0.2) is 18.5 Å². The summed E-state index contributed by atoms with van der Waals surface area (Å²) in [5.41, 5.74) is 5.72. The van der Waals surface area contributed by atoms with Crippen molar-refractivity contribution < 1.29 is 4.79 Å². The van der Waals surface area contributed by atoms with E-state index in [4.69, 9.17) is 5.73 Å². The van der Waals surface area contributed by atoms with Crippen LogP contribution in [0.1, 0.15) is 31.1 Å². The predicted octanol–water partition coefficient (Wildman–Crippen LogP) is 2.17. The predicted molar refractivity (Wildman–Crippen MR) is 75.5 cm³/mol. The topological polar surface area (TPSA) is 55.1 Å². The van der Waals surface area contributed by atoms with Crippen LogP contribution in [-0.2, 0) is 11.2 Å². The van der Waals surface area contributed by atoms with Crippen LogP contribution in [0.2, 0.25) is 0 Å². The fraction of sp³-hybridized carbons (Fsp3) is 0.643. The van der Waals surface area contributed by atoms with Crippen molar-refractivity contribution in [2.45, 2.75) is 38.6 Å². The molecule has 0 aromatic carbocycles. The van der Waals surface area contributed by atoms with Crippen molar-refractivity contribution in [2.75, 3.05) is 6.54 Å². The smallest absolute Gasteiger partial charge is 0.223 e. The van der Waals surface area contributed by atoms with Gasteiger partial charge in [-0.2, -0.15) is 0 Å². The molecule has 18 heavy (non-hydrogen) atoms. The zero-order chi connectivity index (χ0) is 13.0. The van der Waals surface area contributed by atoms with Crippen LogP contribution in [0.15, 0.2) is 17.5 Å². The minimum atomic E-state index is 0.140. The molecule has 2 rings (SSSR count). The molecule has 0 saturated heterocycles. The number of nitrogens with two attached hydrogens (primary N) is 1. The summed E-state index contributed by atoms with van der Waals surface area (Å²) in [6.07, 6.45) is 4.16. The number of hydrogen-bond donors (Lipinski definition) is 2. The number of hydrogen-bond acceptors (Lipinski definition) is 3. The first-order chi connectivity index (χ1) is 8.70. The highest BCUT2D eigenvalue weighted by molar-refractivity contribution is 7.09. The number of nitrogens with one attached hydrogen (secondary N) is 1. The summed E-state index contributed by atoms with van der Waals surface area (Å²) in [7, 11) is 0. The average molecular weight is 266 g/mol. The standard InChI is InChI=1S/C14H22N2OS/c1-10(8-12-5-3-7-18-12)16-14(17)13-6-2-4-11(13)9-15/h3,5,7,10-11,13H,2,4,6,8-9,15H2,1H3,(H,16,17). The Morgan fingerprint density at radius 3 is 3.11 bits per heavy atom. The Hall–Kier alpha value is -0.870. The zero-order valence-electron chi connectivity index (χ0n) is 10.9. The molecule has 1 fully saturated rings. The third kappa shape index (κ3) is 3.33. The maximum atomic E-state index is 12.2. The van der Waals surface area contributed by atoms with E-state index in [9.17, 15) is 4.79 Å². The zero-order valence-corrected chi connectivity index (χ0v) is 11.7. The Balaban J connectivity index is 1.83. The molecule has 1 amide bonds. The molecule has 1 aliphatic rings. The fourth-order valence-electron chi connectivity index (χ4n) is 2.80. The van der Waals surface area contributed by atoms with E-state index in [2.05, 4.69) is 29.8 Å². The third-order valence-electron chi connectivity index (χ3n) is 3.77. The van der Waals surface area contributed by atoms with Gasteiger partial charge in [-0.05, 0) is 43.7 Å². The van der Waals surface area contributed by atoms with Crippen molar-refractivity contribution in [3.63, 3.8) is 0 Å². The van der Waals surface area contributed by atoms with Crippen molar-refractivity contribution in [2.24, 2.45) is 17.6 Å². The van der Waals surface area contributed by atoms with Crippen molar-refractivity contribution in [3.8, 4) is 0 Å². The number of rotatable bonds is 5. The molecule has 3 atom stereocenters. The second-order valence-corrected chi connectivity index (χ2v) is 6.26. The van der Waals surface area contributed by atoms with Gasteiger partial charge in [0.2, 0.25) is 5.91 Å². The highest BCUT2D eigenvalue weighted by Crippen LogP contribution is 2.31. The van der Waals surface area contributed by atoms with Crippen molar-refractivity contribution in [3.05, 3.63) is 22.4 Å². The summed E-state index contributed by atoms with van der Waals surface area (Å²) < 4.78 is 0. The summed E-state index contributed by atoms with van der Waals surface area (Å²) in [5.74, 6) is 0.728. The molecule has 1 aliphatic carbocycles. The van der Waals surface area contributed by atoms with Crippen LogP contribution < -0.4 is 11.1 Å². The Morgan fingerprint density at radius 1 is 1.61 bits per heavy atom. The van der Waals surface area contributed by atoms with Crippen molar-refractivity contribution in [1.82, 2.24) is 5.32 Å². The van der Waals surface area contributed by atoms with Crippen LogP contribution >= 0.6 is 11.3 Å². The highest BCUT2D eigenvalue weighted by atomic mass is 32.1. The van der Waals surface area contributed by atoms with Crippen LogP contribution in [0.3, 0.4) is 0 Å².